The highest BCUT2D eigenvalue weighted by atomic mass is 79.9. The van der Waals surface area contributed by atoms with Crippen molar-refractivity contribution in [1.29, 1.82) is 0 Å². The lowest BCUT2D eigenvalue weighted by atomic mass is 10.1. The number of aryl methyl sites for hydroxylation is 4. The minimum absolute atomic E-state index is 0.839. The summed E-state index contributed by atoms with van der Waals surface area (Å²) in [5.41, 5.74) is 6.72. The molecule has 4 heteroatoms. The monoisotopic (exact) mass is 704 g/mol. The predicted octanol–water partition coefficient (Wildman–Crippen LogP) is 7.72. The van der Waals surface area contributed by atoms with Crippen molar-refractivity contribution in [2.45, 2.75) is 52.6 Å². The number of hydrogen-bond donors (Lipinski definition) is 0. The van der Waals surface area contributed by atoms with Gasteiger partial charge in [0.25, 0.3) is 0 Å². The van der Waals surface area contributed by atoms with Crippen LogP contribution in [0.2, 0.25) is 0 Å². The maximum absolute atomic E-state index is 3.35. The average Bonchev–Trinajstić information content (AvgIpc) is 3.05. The average molecular weight is 707 g/mol. The van der Waals surface area contributed by atoms with Gasteiger partial charge in [0.15, 0.2) is 37.9 Å². The van der Waals surface area contributed by atoms with E-state index < -0.39 is 0 Å². The van der Waals surface area contributed by atoms with Crippen LogP contribution in [0.1, 0.15) is 59.1 Å². The minimum atomic E-state index is 0.839. The van der Waals surface area contributed by atoms with Crippen molar-refractivity contribution in [3.8, 4) is 47.4 Å². The maximum atomic E-state index is 3.35. The number of hydrogen-bond acceptors (Lipinski definition) is 0. The van der Waals surface area contributed by atoms with Crippen LogP contribution in [0.3, 0.4) is 0 Å². The normalized spacial score (nSPS) is 9.36. The molecular weight excluding hydrogens is 668 g/mol. The van der Waals surface area contributed by atoms with Crippen molar-refractivity contribution in [2.24, 2.45) is 0 Å². The summed E-state index contributed by atoms with van der Waals surface area (Å²) < 4.78 is 4.32. The van der Waals surface area contributed by atoms with Gasteiger partial charge in [-0.25, -0.2) is 9.13 Å². The highest BCUT2D eigenvalue weighted by Gasteiger charge is 1.98. The summed E-state index contributed by atoms with van der Waals surface area (Å²) in [6.07, 6.45) is 11.8. The Bertz CT molecular complexity index is 1550. The quantitative estimate of drug-likeness (QED) is 0.110. The lowest BCUT2D eigenvalue weighted by Gasteiger charge is -1.94. The molecule has 0 N–H and O–H groups in total. The van der Waals surface area contributed by atoms with Crippen LogP contribution in [0.15, 0.2) is 97.6 Å². The zero-order valence-corrected chi connectivity index (χ0v) is 28.7. The van der Waals surface area contributed by atoms with Gasteiger partial charge in [0, 0.05) is 70.0 Å². The first-order valence-corrected chi connectivity index (χ1v) is 17.0. The Hall–Kier alpha value is -4.06. The summed E-state index contributed by atoms with van der Waals surface area (Å²) in [5.74, 6) is 25.3. The Morgan fingerprint density at radius 2 is 0.705 bits per heavy atom. The van der Waals surface area contributed by atoms with Gasteiger partial charge in [-0.1, -0.05) is 79.2 Å². The molecule has 0 saturated carbocycles. The fourth-order valence-electron chi connectivity index (χ4n) is 3.76. The van der Waals surface area contributed by atoms with Crippen molar-refractivity contribution in [3.05, 3.63) is 131 Å². The van der Waals surface area contributed by atoms with Crippen molar-refractivity contribution in [1.82, 2.24) is 0 Å². The minimum Gasteiger partial charge on any atom is -0.204 e. The van der Waals surface area contributed by atoms with Crippen molar-refractivity contribution in [2.75, 3.05) is 10.7 Å². The van der Waals surface area contributed by atoms with Crippen LogP contribution in [0, 0.1) is 61.2 Å². The van der Waals surface area contributed by atoms with Gasteiger partial charge in [-0.3, -0.25) is 0 Å². The van der Waals surface area contributed by atoms with Gasteiger partial charge in [0.2, 0.25) is 0 Å². The molecule has 220 valence electrons. The smallest absolute Gasteiger partial charge is 0.169 e. The van der Waals surface area contributed by atoms with E-state index in [0.29, 0.717) is 0 Å². The fourth-order valence-corrected chi connectivity index (χ4v) is 4.15. The molecule has 0 spiro atoms. The summed E-state index contributed by atoms with van der Waals surface area (Å²) in [5, 5.41) is 1.85. The van der Waals surface area contributed by atoms with E-state index >= 15 is 0 Å². The fraction of sp³-hybridized carbons (Fsp3) is 0.250. The summed E-state index contributed by atoms with van der Waals surface area (Å²) in [4.78, 5) is 0. The van der Waals surface area contributed by atoms with Crippen LogP contribution in [0.25, 0.3) is 0 Å². The largest absolute Gasteiger partial charge is 0.204 e. The van der Waals surface area contributed by atoms with E-state index in [1.54, 1.807) is 0 Å². The highest BCUT2D eigenvalue weighted by Crippen LogP contribution is 2.03. The standard InChI is InChI=1S/C26H26N2.C14H12Br2/c1-23-13-19-27(20-14-23)17-5-3-7-25-9-11-26(12-10-25)8-4-6-18-28-21-15-24(2)16-22-28;15-11-3-1-5-13-7-9-14(10-8-13)6-2-4-12-16/h9-16,19-22H,5-6,17-18H2,1-2H3;7-10H,3-4,11-12H2/q+2;. The molecule has 0 saturated heterocycles. The zero-order chi connectivity index (χ0) is 31.2. The van der Waals surface area contributed by atoms with Crippen LogP contribution in [0.4, 0.5) is 0 Å². The van der Waals surface area contributed by atoms with E-state index in [9.17, 15) is 0 Å². The first-order valence-electron chi connectivity index (χ1n) is 14.7. The Morgan fingerprint density at radius 3 is 0.977 bits per heavy atom. The molecule has 2 aromatic heterocycles. The topological polar surface area (TPSA) is 7.76 Å². The van der Waals surface area contributed by atoms with Gasteiger partial charge in [0.1, 0.15) is 0 Å². The lowest BCUT2D eigenvalue weighted by Crippen LogP contribution is -2.32. The van der Waals surface area contributed by atoms with E-state index in [0.717, 1.165) is 71.7 Å². The number of rotatable bonds is 6. The SMILES string of the molecule is BrCCC#Cc1ccc(C#CCCBr)cc1.Cc1cc[n+](CCC#Cc2ccc(C#CCC[n+]3ccc(C)cc3)cc2)cc1. The van der Waals surface area contributed by atoms with Gasteiger partial charge in [0.05, 0.1) is 12.8 Å². The third-order valence-electron chi connectivity index (χ3n) is 6.25. The van der Waals surface area contributed by atoms with Crippen LogP contribution < -0.4 is 9.13 Å². The number of nitrogens with zero attached hydrogens (tertiary/aromatic N) is 2. The highest BCUT2D eigenvalue weighted by molar-refractivity contribution is 9.09. The molecule has 4 rings (SSSR count). The van der Waals surface area contributed by atoms with Gasteiger partial charge in [-0.15, -0.1) is 0 Å². The Labute approximate surface area is 281 Å². The molecule has 0 amide bonds. The van der Waals surface area contributed by atoms with Crippen molar-refractivity contribution in [3.63, 3.8) is 0 Å². The van der Waals surface area contributed by atoms with Gasteiger partial charge in [-0.2, -0.15) is 0 Å². The Kier molecular flexibility index (Phi) is 16.3. The zero-order valence-electron chi connectivity index (χ0n) is 25.5. The summed E-state index contributed by atoms with van der Waals surface area (Å²) in [6.45, 7) is 6.02. The molecule has 2 heterocycles. The number of pyridine rings is 2. The van der Waals surface area contributed by atoms with Gasteiger partial charge in [-0.05, 0) is 73.5 Å². The van der Waals surface area contributed by atoms with E-state index in [1.165, 1.54) is 11.1 Å². The molecular formula is C40H38Br2N2+2. The third-order valence-corrected chi connectivity index (χ3v) is 7.04. The number of alkyl halides is 2. The molecule has 2 aromatic carbocycles. The first-order chi connectivity index (χ1) is 21.6. The second-order valence-corrected chi connectivity index (χ2v) is 11.6. The molecule has 4 aromatic rings. The number of aromatic nitrogens is 2. The lowest BCUT2D eigenvalue weighted by molar-refractivity contribution is -0.696. The maximum Gasteiger partial charge on any atom is 0.169 e. The van der Waals surface area contributed by atoms with E-state index in [-0.39, 0.29) is 0 Å². The van der Waals surface area contributed by atoms with E-state index in [2.05, 4.69) is 151 Å². The Morgan fingerprint density at radius 1 is 0.432 bits per heavy atom. The number of halogens is 2. The molecule has 2 nitrogen and oxygen atoms in total. The summed E-state index contributed by atoms with van der Waals surface area (Å²) >= 11 is 6.69. The van der Waals surface area contributed by atoms with Crippen molar-refractivity contribution < 1.29 is 9.13 Å². The van der Waals surface area contributed by atoms with Gasteiger partial charge < -0.3 is 0 Å². The second-order valence-electron chi connectivity index (χ2n) is 9.97. The second kappa shape index (κ2) is 20.8. The van der Waals surface area contributed by atoms with Gasteiger partial charge >= 0.3 is 0 Å². The molecule has 0 bridgehead atoms. The van der Waals surface area contributed by atoms with Crippen LogP contribution >= 0.6 is 31.9 Å². The van der Waals surface area contributed by atoms with Crippen LogP contribution in [0.5, 0.6) is 0 Å². The number of benzene rings is 2. The first kappa shape index (κ1) is 34.4. The molecule has 0 aliphatic heterocycles. The molecule has 0 fully saturated rings. The molecule has 0 unspecified atom stereocenters. The van der Waals surface area contributed by atoms with E-state index in [1.807, 2.05) is 48.5 Å². The van der Waals surface area contributed by atoms with Crippen molar-refractivity contribution >= 4 is 31.9 Å². The van der Waals surface area contributed by atoms with E-state index in [4.69, 9.17) is 0 Å². The molecule has 0 radical (unpaired) electrons. The Balaban J connectivity index is 0.000000281. The van der Waals surface area contributed by atoms with Crippen LogP contribution in [-0.2, 0) is 13.1 Å². The third kappa shape index (κ3) is 14.4. The summed E-state index contributed by atoms with van der Waals surface area (Å²) in [6, 6.07) is 24.7. The molecule has 0 aliphatic rings. The summed E-state index contributed by atoms with van der Waals surface area (Å²) in [7, 11) is 0. The molecule has 0 aliphatic carbocycles. The molecule has 0 atom stereocenters. The predicted molar refractivity (Wildman–Crippen MR) is 189 cm³/mol. The molecule has 44 heavy (non-hydrogen) atoms. The van der Waals surface area contributed by atoms with Crippen LogP contribution in [-0.4, -0.2) is 10.7 Å².